The van der Waals surface area contributed by atoms with Crippen LogP contribution in [0.1, 0.15) is 29.3 Å². The molecule has 0 bridgehead atoms. The summed E-state index contributed by atoms with van der Waals surface area (Å²) < 4.78 is 5.80. The minimum absolute atomic E-state index is 0.00228. The predicted octanol–water partition coefficient (Wildman–Crippen LogP) is 3.26. The van der Waals surface area contributed by atoms with E-state index < -0.39 is 6.10 Å². The van der Waals surface area contributed by atoms with Crippen LogP contribution in [-0.2, 0) is 6.42 Å². The summed E-state index contributed by atoms with van der Waals surface area (Å²) in [6, 6.07) is 16.7. The lowest BCUT2D eigenvalue weighted by Crippen LogP contribution is -2.26. The van der Waals surface area contributed by atoms with Crippen LogP contribution in [0.5, 0.6) is 5.75 Å². The highest BCUT2D eigenvalue weighted by Crippen LogP contribution is 2.17. The van der Waals surface area contributed by atoms with E-state index in [0.717, 1.165) is 5.56 Å². The number of carbonyl (C=O) groups is 1. The first kappa shape index (κ1) is 15.3. The third-order valence-corrected chi connectivity index (χ3v) is 3.32. The summed E-state index contributed by atoms with van der Waals surface area (Å²) in [5.74, 6) is 0.672. The zero-order valence-corrected chi connectivity index (χ0v) is 12.2. The van der Waals surface area contributed by atoms with E-state index in [-0.39, 0.29) is 12.4 Å². The molecule has 0 fully saturated rings. The van der Waals surface area contributed by atoms with E-state index in [1.807, 2.05) is 49.4 Å². The van der Waals surface area contributed by atoms with Gasteiger partial charge in [0.2, 0.25) is 5.78 Å². The van der Waals surface area contributed by atoms with Gasteiger partial charge in [0.1, 0.15) is 5.75 Å². The Hall–Kier alpha value is -2.13. The number of benzene rings is 2. The topological polar surface area (TPSA) is 46.5 Å². The Bertz CT molecular complexity index is 561. The normalized spacial score (nSPS) is 11.9. The average Bonchev–Trinajstić information content (AvgIpc) is 2.54. The van der Waals surface area contributed by atoms with Gasteiger partial charge >= 0.3 is 0 Å². The fraction of sp³-hybridized carbons (Fsp3) is 0.278. The summed E-state index contributed by atoms with van der Waals surface area (Å²) >= 11 is 0. The van der Waals surface area contributed by atoms with Crippen molar-refractivity contribution < 1.29 is 14.6 Å². The number of hydrogen-bond donors (Lipinski definition) is 1. The third-order valence-electron chi connectivity index (χ3n) is 3.32. The number of aliphatic hydroxyl groups is 1. The van der Waals surface area contributed by atoms with Gasteiger partial charge in [-0.3, -0.25) is 4.79 Å². The highest BCUT2D eigenvalue weighted by atomic mass is 16.5. The standard InChI is InChI=1S/C18H20O3/c1-2-17(18(20)15-6-4-3-5-7-15)21-16-10-8-14(9-11-16)12-13-19/h3-11,17,19H,2,12-13H2,1H3. The van der Waals surface area contributed by atoms with Crippen molar-refractivity contribution in [3.63, 3.8) is 0 Å². The second-order valence-corrected chi connectivity index (χ2v) is 4.86. The molecule has 3 heteroatoms. The zero-order valence-electron chi connectivity index (χ0n) is 12.2. The Balaban J connectivity index is 2.06. The Morgan fingerprint density at radius 1 is 1.10 bits per heavy atom. The van der Waals surface area contributed by atoms with Gasteiger partial charge in [0.15, 0.2) is 6.10 Å². The molecule has 0 heterocycles. The first-order valence-electron chi connectivity index (χ1n) is 7.20. The summed E-state index contributed by atoms with van der Waals surface area (Å²) in [4.78, 5) is 12.4. The van der Waals surface area contributed by atoms with Gasteiger partial charge < -0.3 is 9.84 Å². The van der Waals surface area contributed by atoms with Gasteiger partial charge in [-0.05, 0) is 30.5 Å². The Morgan fingerprint density at radius 2 is 1.76 bits per heavy atom. The number of hydrogen-bond acceptors (Lipinski definition) is 3. The van der Waals surface area contributed by atoms with Crippen LogP contribution in [0.25, 0.3) is 0 Å². The van der Waals surface area contributed by atoms with Crippen LogP contribution in [0.3, 0.4) is 0 Å². The molecule has 21 heavy (non-hydrogen) atoms. The summed E-state index contributed by atoms with van der Waals surface area (Å²) in [7, 11) is 0. The van der Waals surface area contributed by atoms with E-state index in [4.69, 9.17) is 9.84 Å². The van der Waals surface area contributed by atoms with Gasteiger partial charge in [-0.1, -0.05) is 49.4 Å². The predicted molar refractivity (Wildman–Crippen MR) is 82.7 cm³/mol. The molecule has 1 atom stereocenters. The van der Waals surface area contributed by atoms with Crippen LogP contribution in [0, 0.1) is 0 Å². The molecule has 110 valence electrons. The highest BCUT2D eigenvalue weighted by Gasteiger charge is 2.19. The Morgan fingerprint density at radius 3 is 2.33 bits per heavy atom. The molecule has 0 amide bonds. The number of rotatable bonds is 7. The lowest BCUT2D eigenvalue weighted by molar-refractivity contribution is 0.0786. The largest absolute Gasteiger partial charge is 0.482 e. The van der Waals surface area contributed by atoms with E-state index in [0.29, 0.717) is 24.2 Å². The van der Waals surface area contributed by atoms with E-state index in [1.165, 1.54) is 0 Å². The van der Waals surface area contributed by atoms with Gasteiger partial charge in [-0.15, -0.1) is 0 Å². The molecule has 0 saturated heterocycles. The monoisotopic (exact) mass is 284 g/mol. The van der Waals surface area contributed by atoms with Crippen molar-refractivity contribution in [1.82, 2.24) is 0 Å². The van der Waals surface area contributed by atoms with Gasteiger partial charge in [0, 0.05) is 12.2 Å². The number of ether oxygens (including phenoxy) is 1. The first-order chi connectivity index (χ1) is 10.2. The van der Waals surface area contributed by atoms with Gasteiger partial charge in [-0.25, -0.2) is 0 Å². The lowest BCUT2D eigenvalue weighted by atomic mass is 10.0. The van der Waals surface area contributed by atoms with E-state index in [1.54, 1.807) is 12.1 Å². The number of carbonyl (C=O) groups excluding carboxylic acids is 1. The molecule has 3 nitrogen and oxygen atoms in total. The fourth-order valence-electron chi connectivity index (χ4n) is 2.14. The smallest absolute Gasteiger partial charge is 0.203 e. The quantitative estimate of drug-likeness (QED) is 0.794. The minimum atomic E-state index is -0.476. The van der Waals surface area contributed by atoms with E-state index in [2.05, 4.69) is 0 Å². The van der Waals surface area contributed by atoms with Crippen molar-refractivity contribution in [1.29, 1.82) is 0 Å². The molecule has 1 N–H and O–H groups in total. The van der Waals surface area contributed by atoms with Crippen molar-refractivity contribution in [2.45, 2.75) is 25.9 Å². The van der Waals surface area contributed by atoms with Gasteiger partial charge in [-0.2, -0.15) is 0 Å². The first-order valence-corrected chi connectivity index (χ1v) is 7.20. The maximum absolute atomic E-state index is 12.4. The van der Waals surface area contributed by atoms with Crippen LogP contribution >= 0.6 is 0 Å². The van der Waals surface area contributed by atoms with Crippen LogP contribution in [0.15, 0.2) is 54.6 Å². The van der Waals surface area contributed by atoms with Crippen molar-refractivity contribution >= 4 is 5.78 Å². The molecular formula is C18H20O3. The van der Waals surface area contributed by atoms with E-state index >= 15 is 0 Å². The number of Topliss-reactive ketones (excluding diaryl/α,β-unsaturated/α-hetero) is 1. The fourth-order valence-corrected chi connectivity index (χ4v) is 2.14. The summed E-state index contributed by atoms with van der Waals surface area (Å²) in [5.41, 5.74) is 1.72. The van der Waals surface area contributed by atoms with Crippen molar-refractivity contribution in [2.75, 3.05) is 6.61 Å². The van der Waals surface area contributed by atoms with E-state index in [9.17, 15) is 4.79 Å². The van der Waals surface area contributed by atoms with Crippen LogP contribution in [0.4, 0.5) is 0 Å². The van der Waals surface area contributed by atoms with Crippen molar-refractivity contribution in [2.24, 2.45) is 0 Å². The average molecular weight is 284 g/mol. The lowest BCUT2D eigenvalue weighted by Gasteiger charge is -2.16. The van der Waals surface area contributed by atoms with Gasteiger partial charge in [0.25, 0.3) is 0 Å². The number of ketones is 1. The Kier molecular flexibility index (Phi) is 5.52. The molecule has 2 rings (SSSR count). The minimum Gasteiger partial charge on any atom is -0.482 e. The molecular weight excluding hydrogens is 264 g/mol. The van der Waals surface area contributed by atoms with Crippen molar-refractivity contribution in [3.8, 4) is 5.75 Å². The highest BCUT2D eigenvalue weighted by molar-refractivity contribution is 5.99. The summed E-state index contributed by atoms with van der Waals surface area (Å²) in [5, 5.41) is 8.90. The molecule has 0 aliphatic heterocycles. The van der Waals surface area contributed by atoms with Crippen molar-refractivity contribution in [3.05, 3.63) is 65.7 Å². The molecule has 0 aliphatic rings. The molecule has 0 radical (unpaired) electrons. The molecule has 0 spiro atoms. The van der Waals surface area contributed by atoms with Crippen LogP contribution in [-0.4, -0.2) is 23.6 Å². The molecule has 2 aromatic carbocycles. The summed E-state index contributed by atoms with van der Waals surface area (Å²) in [6.07, 6.45) is 0.767. The Labute approximate surface area is 125 Å². The molecule has 1 unspecified atom stereocenters. The maximum Gasteiger partial charge on any atom is 0.203 e. The second kappa shape index (κ2) is 7.60. The second-order valence-electron chi connectivity index (χ2n) is 4.86. The molecule has 0 aromatic heterocycles. The molecule has 0 aliphatic carbocycles. The summed E-state index contributed by atoms with van der Waals surface area (Å²) in [6.45, 7) is 2.07. The maximum atomic E-state index is 12.4. The SMILES string of the molecule is CCC(Oc1ccc(CCO)cc1)C(=O)c1ccccc1. The molecule has 0 saturated carbocycles. The molecule has 2 aromatic rings. The number of aliphatic hydroxyl groups excluding tert-OH is 1. The van der Waals surface area contributed by atoms with Gasteiger partial charge in [0.05, 0.1) is 0 Å². The van der Waals surface area contributed by atoms with Crippen LogP contribution < -0.4 is 4.74 Å². The third kappa shape index (κ3) is 4.17. The van der Waals surface area contributed by atoms with Crippen LogP contribution in [0.2, 0.25) is 0 Å². The zero-order chi connectivity index (χ0) is 15.1.